The molecule has 7 nitrogen and oxygen atoms in total. The fourth-order valence-electron chi connectivity index (χ4n) is 4.05. The number of aromatic nitrogens is 4. The summed E-state index contributed by atoms with van der Waals surface area (Å²) in [5.41, 5.74) is 3.56. The van der Waals surface area contributed by atoms with Gasteiger partial charge in [-0.2, -0.15) is 0 Å². The van der Waals surface area contributed by atoms with Crippen LogP contribution in [0.5, 0.6) is 0 Å². The summed E-state index contributed by atoms with van der Waals surface area (Å²) in [6.07, 6.45) is 9.56. The Labute approximate surface area is 180 Å². The third-order valence-electron chi connectivity index (χ3n) is 5.72. The first-order chi connectivity index (χ1) is 15.2. The van der Waals surface area contributed by atoms with Crippen LogP contribution < -0.4 is 5.32 Å². The average molecular weight is 412 g/mol. The van der Waals surface area contributed by atoms with Gasteiger partial charge in [0.2, 0.25) is 0 Å². The molecule has 0 atom stereocenters. The first-order valence-corrected chi connectivity index (χ1v) is 10.5. The van der Waals surface area contributed by atoms with Crippen LogP contribution in [0.4, 0.5) is 5.82 Å². The number of nitrogens with one attached hydrogen (secondary N) is 1. The van der Waals surface area contributed by atoms with Crippen LogP contribution in [-0.4, -0.2) is 43.4 Å². The summed E-state index contributed by atoms with van der Waals surface area (Å²) < 4.78 is 1.92. The zero-order valence-corrected chi connectivity index (χ0v) is 17.5. The second-order valence-electron chi connectivity index (χ2n) is 8.01. The number of hydrogen-bond acceptors (Lipinski definition) is 5. The Bertz CT molecular complexity index is 1240. The molecular weight excluding hydrogens is 388 g/mol. The third-order valence-corrected chi connectivity index (χ3v) is 5.72. The Morgan fingerprint density at radius 2 is 1.87 bits per heavy atom. The molecule has 156 valence electrons. The van der Waals surface area contributed by atoms with Crippen LogP contribution in [0.2, 0.25) is 0 Å². The zero-order valence-electron chi connectivity index (χ0n) is 17.5. The lowest BCUT2D eigenvalue weighted by Crippen LogP contribution is -2.19. The van der Waals surface area contributed by atoms with Gasteiger partial charge in [0.15, 0.2) is 0 Å². The molecule has 4 aromatic rings. The van der Waals surface area contributed by atoms with E-state index in [-0.39, 0.29) is 5.91 Å². The van der Waals surface area contributed by atoms with Gasteiger partial charge in [0.25, 0.3) is 5.91 Å². The van der Waals surface area contributed by atoms with Crippen molar-refractivity contribution in [1.29, 1.82) is 0 Å². The van der Waals surface area contributed by atoms with Gasteiger partial charge in [-0.3, -0.25) is 14.7 Å². The predicted molar refractivity (Wildman–Crippen MR) is 121 cm³/mol. The van der Waals surface area contributed by atoms with E-state index >= 15 is 0 Å². The quantitative estimate of drug-likeness (QED) is 0.538. The zero-order chi connectivity index (χ0) is 21.2. The summed E-state index contributed by atoms with van der Waals surface area (Å²) in [6, 6.07) is 11.7. The van der Waals surface area contributed by atoms with E-state index in [0.29, 0.717) is 11.4 Å². The number of nitrogens with zero attached hydrogens (tertiary/aromatic N) is 5. The number of hydrogen-bond donors (Lipinski definition) is 1. The maximum atomic E-state index is 12.8. The Hall–Kier alpha value is -3.58. The van der Waals surface area contributed by atoms with Crippen molar-refractivity contribution >= 4 is 22.5 Å². The van der Waals surface area contributed by atoms with Gasteiger partial charge in [0.1, 0.15) is 5.82 Å². The van der Waals surface area contributed by atoms with E-state index in [2.05, 4.69) is 31.2 Å². The second-order valence-corrected chi connectivity index (χ2v) is 8.01. The van der Waals surface area contributed by atoms with Crippen molar-refractivity contribution in [2.45, 2.75) is 19.4 Å². The summed E-state index contributed by atoms with van der Waals surface area (Å²) in [5.74, 6) is 0.362. The molecule has 1 aromatic carbocycles. The number of likely N-dealkylation sites (tertiary alicyclic amines) is 1. The SMILES string of the molecule is Cn1cncc1-c1cc2cc(NC(=O)c3cccc(CN4CCCC4)c3)ncc2cn1. The van der Waals surface area contributed by atoms with Crippen molar-refractivity contribution in [3.63, 3.8) is 0 Å². The first kappa shape index (κ1) is 19.4. The van der Waals surface area contributed by atoms with Crippen molar-refractivity contribution in [3.8, 4) is 11.4 Å². The number of pyridine rings is 2. The minimum atomic E-state index is -0.156. The van der Waals surface area contributed by atoms with Gasteiger partial charge in [-0.25, -0.2) is 9.97 Å². The standard InChI is InChI=1S/C24H24N6O/c1-29-16-25-14-22(29)21-10-19-11-23(27-13-20(19)12-26-21)28-24(31)18-6-4-5-17(9-18)15-30-7-2-3-8-30/h4-6,9-14,16H,2-3,7-8,15H2,1H3,(H,27,28,31). The smallest absolute Gasteiger partial charge is 0.256 e. The van der Waals surface area contributed by atoms with Crippen molar-refractivity contribution in [2.75, 3.05) is 18.4 Å². The highest BCUT2D eigenvalue weighted by molar-refractivity contribution is 6.04. The molecule has 4 heterocycles. The van der Waals surface area contributed by atoms with Crippen LogP contribution >= 0.6 is 0 Å². The highest BCUT2D eigenvalue weighted by atomic mass is 16.1. The average Bonchev–Trinajstić information content (AvgIpc) is 3.45. The molecule has 5 rings (SSSR count). The van der Waals surface area contributed by atoms with Crippen molar-refractivity contribution in [3.05, 3.63) is 72.4 Å². The number of carbonyl (C=O) groups is 1. The van der Waals surface area contributed by atoms with E-state index in [1.807, 2.05) is 41.9 Å². The number of aryl methyl sites for hydroxylation is 1. The summed E-state index contributed by atoms with van der Waals surface area (Å²) in [5, 5.41) is 4.81. The van der Waals surface area contributed by atoms with E-state index in [4.69, 9.17) is 0 Å². The third kappa shape index (κ3) is 4.18. The van der Waals surface area contributed by atoms with Gasteiger partial charge in [-0.05, 0) is 61.1 Å². The predicted octanol–water partition coefficient (Wildman–Crippen LogP) is 3.88. The molecule has 1 N–H and O–H groups in total. The molecule has 1 saturated heterocycles. The highest BCUT2D eigenvalue weighted by Crippen LogP contribution is 2.23. The molecule has 0 unspecified atom stereocenters. The largest absolute Gasteiger partial charge is 0.332 e. The number of benzene rings is 1. The molecule has 1 aliphatic heterocycles. The highest BCUT2D eigenvalue weighted by Gasteiger charge is 2.14. The van der Waals surface area contributed by atoms with Gasteiger partial charge in [0, 0.05) is 36.9 Å². The number of fused-ring (bicyclic) bond motifs is 1. The molecule has 3 aromatic heterocycles. The van der Waals surface area contributed by atoms with E-state index < -0.39 is 0 Å². The van der Waals surface area contributed by atoms with Crippen LogP contribution in [0, 0.1) is 0 Å². The van der Waals surface area contributed by atoms with E-state index in [9.17, 15) is 4.79 Å². The van der Waals surface area contributed by atoms with Crippen molar-refractivity contribution < 1.29 is 4.79 Å². The molecule has 0 bridgehead atoms. The molecule has 0 spiro atoms. The minimum Gasteiger partial charge on any atom is -0.332 e. The summed E-state index contributed by atoms with van der Waals surface area (Å²) >= 11 is 0. The lowest BCUT2D eigenvalue weighted by atomic mass is 10.1. The molecule has 1 fully saturated rings. The number of imidazole rings is 1. The molecule has 7 heteroatoms. The number of carbonyl (C=O) groups excluding carboxylic acids is 1. The minimum absolute atomic E-state index is 0.156. The summed E-state index contributed by atoms with van der Waals surface area (Å²) in [6.45, 7) is 3.15. The summed E-state index contributed by atoms with van der Waals surface area (Å²) in [7, 11) is 1.93. The van der Waals surface area contributed by atoms with Crippen LogP contribution in [0.25, 0.3) is 22.2 Å². The molecule has 1 aliphatic rings. The lowest BCUT2D eigenvalue weighted by molar-refractivity contribution is 0.102. The normalized spacial score (nSPS) is 14.2. The molecular formula is C24H24N6O. The molecule has 1 amide bonds. The monoisotopic (exact) mass is 412 g/mol. The molecule has 0 radical (unpaired) electrons. The molecule has 0 aliphatic carbocycles. The van der Waals surface area contributed by atoms with Gasteiger partial charge >= 0.3 is 0 Å². The summed E-state index contributed by atoms with van der Waals surface area (Å²) in [4.78, 5) is 28.3. The Morgan fingerprint density at radius 1 is 1.03 bits per heavy atom. The van der Waals surface area contributed by atoms with E-state index in [1.54, 1.807) is 24.9 Å². The van der Waals surface area contributed by atoms with Gasteiger partial charge in [-0.15, -0.1) is 0 Å². The van der Waals surface area contributed by atoms with E-state index in [1.165, 1.54) is 12.8 Å². The fraction of sp³-hybridized carbons (Fsp3) is 0.250. The van der Waals surface area contributed by atoms with Crippen LogP contribution in [0.15, 0.2) is 61.3 Å². The number of amides is 1. The van der Waals surface area contributed by atoms with Gasteiger partial charge in [-0.1, -0.05) is 12.1 Å². The fourth-order valence-corrected chi connectivity index (χ4v) is 4.05. The maximum Gasteiger partial charge on any atom is 0.256 e. The number of rotatable bonds is 5. The lowest BCUT2D eigenvalue weighted by Gasteiger charge is -2.15. The van der Waals surface area contributed by atoms with Crippen LogP contribution in [-0.2, 0) is 13.6 Å². The topological polar surface area (TPSA) is 75.9 Å². The Balaban J connectivity index is 1.36. The maximum absolute atomic E-state index is 12.8. The van der Waals surface area contributed by atoms with Crippen molar-refractivity contribution in [1.82, 2.24) is 24.4 Å². The second kappa shape index (κ2) is 8.28. The van der Waals surface area contributed by atoms with Crippen LogP contribution in [0.1, 0.15) is 28.8 Å². The Kier molecular flexibility index (Phi) is 5.18. The molecule has 31 heavy (non-hydrogen) atoms. The van der Waals surface area contributed by atoms with E-state index in [0.717, 1.165) is 47.4 Å². The molecule has 0 saturated carbocycles. The Morgan fingerprint density at radius 3 is 2.68 bits per heavy atom. The number of anilines is 1. The van der Waals surface area contributed by atoms with Crippen molar-refractivity contribution in [2.24, 2.45) is 7.05 Å². The van der Waals surface area contributed by atoms with Gasteiger partial charge < -0.3 is 9.88 Å². The van der Waals surface area contributed by atoms with Gasteiger partial charge in [0.05, 0.1) is 23.9 Å². The first-order valence-electron chi connectivity index (χ1n) is 10.5. The van der Waals surface area contributed by atoms with Crippen LogP contribution in [0.3, 0.4) is 0 Å².